The van der Waals surface area contributed by atoms with Gasteiger partial charge < -0.3 is 10.1 Å². The van der Waals surface area contributed by atoms with E-state index in [1.807, 2.05) is 0 Å². The van der Waals surface area contributed by atoms with E-state index in [1.54, 1.807) is 36.4 Å². The molecule has 0 spiro atoms. The number of morpholine rings is 1. The third-order valence-corrected chi connectivity index (χ3v) is 7.22. The number of rotatable bonds is 5. The number of sulfonamides is 1. The third-order valence-electron chi connectivity index (χ3n) is 4.33. The highest BCUT2D eigenvalue weighted by atomic mass is 79.9. The number of nitrogens with zero attached hydrogens (tertiary/aromatic N) is 1. The molecule has 1 fully saturated rings. The standard InChI is InChI=1S/C19H19BrN2O5S/c1-13(23)14-2-5-16(6-3-14)21-19(24)15-4-7-17(20)18(12-15)28(25,26)22-8-10-27-11-9-22/h2-7,12H,8-11H2,1H3,(H,21,24). The molecule has 1 aliphatic rings. The quantitative estimate of drug-likeness (QED) is 0.683. The summed E-state index contributed by atoms with van der Waals surface area (Å²) < 4.78 is 32.8. The molecule has 0 unspecified atom stereocenters. The number of anilines is 1. The van der Waals surface area contributed by atoms with Crippen LogP contribution >= 0.6 is 15.9 Å². The SMILES string of the molecule is CC(=O)c1ccc(NC(=O)c2ccc(Br)c(S(=O)(=O)N3CCOCC3)c2)cc1. The van der Waals surface area contributed by atoms with Crippen molar-refractivity contribution >= 4 is 43.3 Å². The first-order chi connectivity index (χ1) is 13.3. The molecule has 1 saturated heterocycles. The minimum atomic E-state index is -3.75. The van der Waals surface area contributed by atoms with E-state index in [1.165, 1.54) is 17.3 Å². The lowest BCUT2D eigenvalue weighted by atomic mass is 10.1. The zero-order chi connectivity index (χ0) is 20.3. The van der Waals surface area contributed by atoms with Crippen molar-refractivity contribution in [1.29, 1.82) is 0 Å². The Morgan fingerprint density at radius 3 is 2.25 bits per heavy atom. The van der Waals surface area contributed by atoms with Gasteiger partial charge in [-0.25, -0.2) is 8.42 Å². The Labute approximate surface area is 171 Å². The number of carbonyl (C=O) groups excluding carboxylic acids is 2. The summed E-state index contributed by atoms with van der Waals surface area (Å²) in [5.74, 6) is -0.509. The van der Waals surface area contributed by atoms with Gasteiger partial charge in [0.15, 0.2) is 5.78 Å². The second-order valence-electron chi connectivity index (χ2n) is 6.25. The molecule has 1 aliphatic heterocycles. The first kappa shape index (κ1) is 20.7. The van der Waals surface area contributed by atoms with Gasteiger partial charge in [-0.2, -0.15) is 4.31 Å². The fourth-order valence-corrected chi connectivity index (χ4v) is 5.12. The molecule has 28 heavy (non-hydrogen) atoms. The Kier molecular flexibility index (Phi) is 6.29. The molecule has 1 N–H and O–H groups in total. The molecular formula is C19H19BrN2O5S. The van der Waals surface area contributed by atoms with E-state index < -0.39 is 15.9 Å². The highest BCUT2D eigenvalue weighted by molar-refractivity contribution is 9.10. The second-order valence-corrected chi connectivity index (χ2v) is 9.01. The summed E-state index contributed by atoms with van der Waals surface area (Å²) in [5, 5.41) is 2.71. The molecule has 3 rings (SSSR count). The smallest absolute Gasteiger partial charge is 0.255 e. The number of amides is 1. The number of Topliss-reactive ketones (excluding diaryl/α,β-unsaturated/α-hetero) is 1. The molecule has 0 aromatic heterocycles. The molecular weight excluding hydrogens is 448 g/mol. The highest BCUT2D eigenvalue weighted by Gasteiger charge is 2.29. The Morgan fingerprint density at radius 1 is 1.04 bits per heavy atom. The lowest BCUT2D eigenvalue weighted by Gasteiger charge is -2.26. The summed E-state index contributed by atoms with van der Waals surface area (Å²) in [6.45, 7) is 2.69. The van der Waals surface area contributed by atoms with Gasteiger partial charge in [0.2, 0.25) is 10.0 Å². The molecule has 9 heteroatoms. The molecule has 0 radical (unpaired) electrons. The molecule has 0 bridgehead atoms. The normalized spacial score (nSPS) is 15.2. The van der Waals surface area contributed by atoms with E-state index in [0.717, 1.165) is 0 Å². The van der Waals surface area contributed by atoms with Crippen molar-refractivity contribution in [2.75, 3.05) is 31.6 Å². The van der Waals surface area contributed by atoms with Crippen LogP contribution in [0.5, 0.6) is 0 Å². The molecule has 1 heterocycles. The fraction of sp³-hybridized carbons (Fsp3) is 0.263. The maximum atomic E-state index is 12.9. The van der Waals surface area contributed by atoms with Crippen LogP contribution in [0.25, 0.3) is 0 Å². The van der Waals surface area contributed by atoms with Crippen LogP contribution in [-0.2, 0) is 14.8 Å². The number of benzene rings is 2. The number of carbonyl (C=O) groups is 2. The van der Waals surface area contributed by atoms with Gasteiger partial charge in [-0.05, 0) is 65.3 Å². The molecule has 7 nitrogen and oxygen atoms in total. The fourth-order valence-electron chi connectivity index (χ4n) is 2.76. The molecule has 2 aromatic carbocycles. The van der Waals surface area contributed by atoms with Crippen molar-refractivity contribution in [2.24, 2.45) is 0 Å². The number of ether oxygens (including phenoxy) is 1. The number of ketones is 1. The average molecular weight is 467 g/mol. The lowest BCUT2D eigenvalue weighted by molar-refractivity contribution is 0.0730. The van der Waals surface area contributed by atoms with Gasteiger partial charge in [0.25, 0.3) is 5.91 Å². The van der Waals surface area contributed by atoms with Gasteiger partial charge in [0, 0.05) is 34.4 Å². The summed E-state index contributed by atoms with van der Waals surface area (Å²) in [6.07, 6.45) is 0. The van der Waals surface area contributed by atoms with E-state index in [-0.39, 0.29) is 29.3 Å². The molecule has 0 saturated carbocycles. The molecule has 0 atom stereocenters. The maximum absolute atomic E-state index is 12.9. The van der Waals surface area contributed by atoms with Crippen LogP contribution in [-0.4, -0.2) is 50.7 Å². The van der Waals surface area contributed by atoms with Crippen molar-refractivity contribution in [3.63, 3.8) is 0 Å². The van der Waals surface area contributed by atoms with Crippen LogP contribution in [0.2, 0.25) is 0 Å². The predicted octanol–water partition coefficient (Wildman–Crippen LogP) is 2.92. The molecule has 1 amide bonds. The number of hydrogen-bond donors (Lipinski definition) is 1. The lowest BCUT2D eigenvalue weighted by Crippen LogP contribution is -2.40. The first-order valence-electron chi connectivity index (χ1n) is 8.59. The zero-order valence-electron chi connectivity index (χ0n) is 15.1. The van der Waals surface area contributed by atoms with E-state index >= 15 is 0 Å². The van der Waals surface area contributed by atoms with Crippen molar-refractivity contribution in [1.82, 2.24) is 4.31 Å². The van der Waals surface area contributed by atoms with Crippen molar-refractivity contribution < 1.29 is 22.7 Å². The van der Waals surface area contributed by atoms with Gasteiger partial charge in [0.05, 0.1) is 18.1 Å². The van der Waals surface area contributed by atoms with Gasteiger partial charge in [-0.15, -0.1) is 0 Å². The summed E-state index contributed by atoms with van der Waals surface area (Å²) >= 11 is 3.27. The van der Waals surface area contributed by atoms with Crippen LogP contribution in [0.4, 0.5) is 5.69 Å². The highest BCUT2D eigenvalue weighted by Crippen LogP contribution is 2.27. The Balaban J connectivity index is 1.83. The molecule has 148 valence electrons. The van der Waals surface area contributed by atoms with Gasteiger partial charge in [-0.1, -0.05) is 0 Å². The van der Waals surface area contributed by atoms with Gasteiger partial charge in [0.1, 0.15) is 0 Å². The zero-order valence-corrected chi connectivity index (χ0v) is 17.5. The number of nitrogens with one attached hydrogen (secondary N) is 1. The largest absolute Gasteiger partial charge is 0.379 e. The summed E-state index contributed by atoms with van der Waals surface area (Å²) in [7, 11) is -3.75. The van der Waals surface area contributed by atoms with Crippen LogP contribution in [0, 0.1) is 0 Å². The van der Waals surface area contributed by atoms with Crippen molar-refractivity contribution in [3.05, 3.63) is 58.1 Å². The van der Waals surface area contributed by atoms with Crippen LogP contribution in [0.15, 0.2) is 51.8 Å². The van der Waals surface area contributed by atoms with E-state index in [4.69, 9.17) is 4.74 Å². The van der Waals surface area contributed by atoms with Crippen LogP contribution < -0.4 is 5.32 Å². The van der Waals surface area contributed by atoms with Gasteiger partial charge >= 0.3 is 0 Å². The maximum Gasteiger partial charge on any atom is 0.255 e. The molecule has 0 aliphatic carbocycles. The second kappa shape index (κ2) is 8.52. The Bertz CT molecular complexity index is 999. The Hall–Kier alpha value is -2.07. The summed E-state index contributed by atoms with van der Waals surface area (Å²) in [4.78, 5) is 23.9. The summed E-state index contributed by atoms with van der Waals surface area (Å²) in [5.41, 5.74) is 1.27. The van der Waals surface area contributed by atoms with Crippen LogP contribution in [0.1, 0.15) is 27.6 Å². The first-order valence-corrected chi connectivity index (χ1v) is 10.8. The number of halogens is 1. The van der Waals surface area contributed by atoms with E-state index in [9.17, 15) is 18.0 Å². The van der Waals surface area contributed by atoms with Crippen molar-refractivity contribution in [3.8, 4) is 0 Å². The van der Waals surface area contributed by atoms with E-state index in [0.29, 0.717) is 28.9 Å². The average Bonchev–Trinajstić information content (AvgIpc) is 2.69. The predicted molar refractivity (Wildman–Crippen MR) is 108 cm³/mol. The Morgan fingerprint density at radius 2 is 1.64 bits per heavy atom. The monoisotopic (exact) mass is 466 g/mol. The third kappa shape index (κ3) is 4.49. The minimum Gasteiger partial charge on any atom is -0.379 e. The molecule has 2 aromatic rings. The van der Waals surface area contributed by atoms with E-state index in [2.05, 4.69) is 21.2 Å². The summed E-state index contributed by atoms with van der Waals surface area (Å²) in [6, 6.07) is 10.9. The van der Waals surface area contributed by atoms with Crippen molar-refractivity contribution in [2.45, 2.75) is 11.8 Å². The van der Waals surface area contributed by atoms with Gasteiger partial charge in [-0.3, -0.25) is 9.59 Å². The number of hydrogen-bond acceptors (Lipinski definition) is 5. The topological polar surface area (TPSA) is 92.8 Å². The van der Waals surface area contributed by atoms with Crippen LogP contribution in [0.3, 0.4) is 0 Å². The minimum absolute atomic E-state index is 0.0361.